The van der Waals surface area contributed by atoms with Crippen molar-refractivity contribution in [2.24, 2.45) is 5.41 Å². The van der Waals surface area contributed by atoms with Gasteiger partial charge in [-0.3, -0.25) is 4.79 Å². The van der Waals surface area contributed by atoms with Gasteiger partial charge < -0.3 is 10.1 Å². The van der Waals surface area contributed by atoms with Crippen molar-refractivity contribution in [3.8, 4) is 5.75 Å². The first-order valence-electron chi connectivity index (χ1n) is 6.31. The maximum Gasteiger partial charge on any atom is 0.242 e. The second-order valence-corrected chi connectivity index (χ2v) is 7.65. The molecule has 8 heteroatoms. The molecule has 1 aliphatic rings. The number of ether oxygens (including phenoxy) is 1. The molecule has 0 aliphatic carbocycles. The van der Waals surface area contributed by atoms with Crippen LogP contribution < -0.4 is 14.8 Å². The maximum atomic E-state index is 12.5. The van der Waals surface area contributed by atoms with E-state index in [1.165, 1.54) is 19.2 Å². The fraction of sp³-hybridized carbons (Fsp3) is 0.462. The molecule has 0 saturated carbocycles. The number of hydrogen-bond donors (Lipinski definition) is 2. The van der Waals surface area contributed by atoms with Crippen molar-refractivity contribution >= 4 is 27.5 Å². The number of methoxy groups -OCH3 is 1. The van der Waals surface area contributed by atoms with Crippen LogP contribution in [0.1, 0.15) is 13.8 Å². The largest absolute Gasteiger partial charge is 0.497 e. The lowest BCUT2D eigenvalue weighted by atomic mass is 9.88. The van der Waals surface area contributed by atoms with E-state index in [1.807, 2.05) is 13.8 Å². The summed E-state index contributed by atoms with van der Waals surface area (Å²) in [5, 5.41) is 2.72. The predicted molar refractivity (Wildman–Crippen MR) is 78.9 cm³/mol. The average molecular weight is 333 g/mol. The molecule has 21 heavy (non-hydrogen) atoms. The summed E-state index contributed by atoms with van der Waals surface area (Å²) in [4.78, 5) is 11.7. The number of halogens is 1. The van der Waals surface area contributed by atoms with Gasteiger partial charge in [-0.05, 0) is 12.1 Å². The number of rotatable bonds is 4. The normalized spacial score (nSPS) is 21.1. The molecule has 0 radical (unpaired) electrons. The molecule has 1 saturated heterocycles. The van der Waals surface area contributed by atoms with Gasteiger partial charge in [0.2, 0.25) is 15.9 Å². The minimum atomic E-state index is -3.93. The SMILES string of the molecule is COc1ccc(Cl)c(S(=O)(=O)NC2C(=O)NCC2(C)C)c1. The highest BCUT2D eigenvalue weighted by Gasteiger charge is 2.43. The Morgan fingerprint density at radius 1 is 1.43 bits per heavy atom. The maximum absolute atomic E-state index is 12.5. The van der Waals surface area contributed by atoms with Crippen LogP contribution in [-0.2, 0) is 14.8 Å². The molecule has 1 unspecified atom stereocenters. The first-order chi connectivity index (χ1) is 9.67. The third kappa shape index (κ3) is 3.14. The molecular formula is C13H17ClN2O4S. The zero-order valence-electron chi connectivity index (χ0n) is 11.9. The van der Waals surface area contributed by atoms with E-state index in [0.29, 0.717) is 12.3 Å². The molecule has 6 nitrogen and oxygen atoms in total. The van der Waals surface area contributed by atoms with E-state index in [0.717, 1.165) is 0 Å². The van der Waals surface area contributed by atoms with Crippen molar-refractivity contribution in [1.29, 1.82) is 0 Å². The lowest BCUT2D eigenvalue weighted by molar-refractivity contribution is -0.121. The average Bonchev–Trinajstić information content (AvgIpc) is 2.66. The van der Waals surface area contributed by atoms with Crippen LogP contribution in [-0.4, -0.2) is 34.0 Å². The number of nitrogens with one attached hydrogen (secondary N) is 2. The summed E-state index contributed by atoms with van der Waals surface area (Å²) in [5.74, 6) is 0.0255. The minimum Gasteiger partial charge on any atom is -0.497 e. The standard InChI is InChI=1S/C13H17ClN2O4S/c1-13(2)7-15-12(17)11(13)16-21(18,19)10-6-8(20-3)4-5-9(10)14/h4-6,11,16H,7H2,1-3H3,(H,15,17). The van der Waals surface area contributed by atoms with Crippen LogP contribution in [0.4, 0.5) is 0 Å². The minimum absolute atomic E-state index is 0.0690. The number of carbonyl (C=O) groups is 1. The van der Waals surface area contributed by atoms with Gasteiger partial charge in [0.25, 0.3) is 0 Å². The Kier molecular flexibility index (Phi) is 4.19. The number of carbonyl (C=O) groups excluding carboxylic acids is 1. The van der Waals surface area contributed by atoms with Crippen molar-refractivity contribution in [2.75, 3.05) is 13.7 Å². The fourth-order valence-corrected chi connectivity index (χ4v) is 4.00. The predicted octanol–water partition coefficient (Wildman–Crippen LogP) is 1.15. The lowest BCUT2D eigenvalue weighted by Crippen LogP contribution is -2.46. The first-order valence-corrected chi connectivity index (χ1v) is 8.17. The van der Waals surface area contributed by atoms with E-state index in [1.54, 1.807) is 6.07 Å². The third-order valence-electron chi connectivity index (χ3n) is 3.46. The molecule has 2 N–H and O–H groups in total. The van der Waals surface area contributed by atoms with E-state index in [2.05, 4.69) is 10.0 Å². The molecule has 116 valence electrons. The van der Waals surface area contributed by atoms with Gasteiger partial charge in [0, 0.05) is 18.0 Å². The number of amides is 1. The van der Waals surface area contributed by atoms with Gasteiger partial charge in [0.05, 0.1) is 12.1 Å². The molecule has 0 bridgehead atoms. The Morgan fingerprint density at radius 2 is 2.10 bits per heavy atom. The van der Waals surface area contributed by atoms with Gasteiger partial charge in [0.15, 0.2) is 0 Å². The van der Waals surface area contributed by atoms with Crippen molar-refractivity contribution in [3.63, 3.8) is 0 Å². The van der Waals surface area contributed by atoms with Gasteiger partial charge in [0.1, 0.15) is 16.7 Å². The van der Waals surface area contributed by atoms with E-state index >= 15 is 0 Å². The lowest BCUT2D eigenvalue weighted by Gasteiger charge is -2.24. The summed E-state index contributed by atoms with van der Waals surface area (Å²) in [6, 6.07) is 3.48. The van der Waals surface area contributed by atoms with E-state index in [4.69, 9.17) is 16.3 Å². The number of sulfonamides is 1. The molecule has 0 spiro atoms. The molecule has 1 aliphatic heterocycles. The van der Waals surface area contributed by atoms with Gasteiger partial charge in [-0.1, -0.05) is 25.4 Å². The molecule has 1 amide bonds. The second kappa shape index (κ2) is 5.47. The van der Waals surface area contributed by atoms with Gasteiger partial charge >= 0.3 is 0 Å². The topological polar surface area (TPSA) is 84.5 Å². The summed E-state index contributed by atoms with van der Waals surface area (Å²) in [6.45, 7) is 4.03. The summed E-state index contributed by atoms with van der Waals surface area (Å²) < 4.78 is 32.4. The van der Waals surface area contributed by atoms with E-state index in [-0.39, 0.29) is 15.8 Å². The molecule has 0 aromatic heterocycles. The fourth-order valence-electron chi connectivity index (χ4n) is 2.12. The molecule has 1 atom stereocenters. The third-order valence-corrected chi connectivity index (χ3v) is 5.37. The number of hydrogen-bond acceptors (Lipinski definition) is 4. The van der Waals surface area contributed by atoms with Crippen molar-refractivity contribution in [1.82, 2.24) is 10.0 Å². The Balaban J connectivity index is 2.37. The van der Waals surface area contributed by atoms with Gasteiger partial charge in [-0.25, -0.2) is 8.42 Å². The van der Waals surface area contributed by atoms with Crippen LogP contribution in [0, 0.1) is 5.41 Å². The summed E-state index contributed by atoms with van der Waals surface area (Å²) in [7, 11) is -2.50. The van der Waals surface area contributed by atoms with E-state index in [9.17, 15) is 13.2 Å². The van der Waals surface area contributed by atoms with Crippen LogP contribution in [0.3, 0.4) is 0 Å². The second-order valence-electron chi connectivity index (χ2n) is 5.56. The smallest absolute Gasteiger partial charge is 0.242 e. The molecule has 1 aromatic carbocycles. The summed E-state index contributed by atoms with van der Waals surface area (Å²) in [5.41, 5.74) is -0.518. The highest BCUT2D eigenvalue weighted by atomic mass is 35.5. The highest BCUT2D eigenvalue weighted by molar-refractivity contribution is 7.89. The van der Waals surface area contributed by atoms with Crippen molar-refractivity contribution in [3.05, 3.63) is 23.2 Å². The van der Waals surface area contributed by atoms with Crippen LogP contribution in [0.5, 0.6) is 5.75 Å². The molecule has 1 fully saturated rings. The summed E-state index contributed by atoms with van der Waals surface area (Å²) in [6.07, 6.45) is 0. The van der Waals surface area contributed by atoms with Crippen molar-refractivity contribution in [2.45, 2.75) is 24.8 Å². The Labute approximate surface area is 128 Å². The Hall–Kier alpha value is -1.31. The number of benzene rings is 1. The molecule has 1 heterocycles. The highest BCUT2D eigenvalue weighted by Crippen LogP contribution is 2.29. The quantitative estimate of drug-likeness (QED) is 0.866. The van der Waals surface area contributed by atoms with Crippen LogP contribution in [0.2, 0.25) is 5.02 Å². The molecule has 1 aromatic rings. The van der Waals surface area contributed by atoms with Crippen LogP contribution in [0.25, 0.3) is 0 Å². The van der Waals surface area contributed by atoms with Crippen LogP contribution >= 0.6 is 11.6 Å². The van der Waals surface area contributed by atoms with Gasteiger partial charge in [-0.15, -0.1) is 0 Å². The first kappa shape index (κ1) is 16.1. The molecule has 2 rings (SSSR count). The van der Waals surface area contributed by atoms with Crippen molar-refractivity contribution < 1.29 is 17.9 Å². The van der Waals surface area contributed by atoms with Gasteiger partial charge in [-0.2, -0.15) is 4.72 Å². The molecular weight excluding hydrogens is 316 g/mol. The van der Waals surface area contributed by atoms with Crippen LogP contribution in [0.15, 0.2) is 23.1 Å². The summed E-state index contributed by atoms with van der Waals surface area (Å²) >= 11 is 5.96. The monoisotopic (exact) mass is 332 g/mol. The Bertz CT molecular complexity index is 673. The zero-order chi connectivity index (χ0) is 15.8. The Morgan fingerprint density at radius 3 is 2.62 bits per heavy atom. The zero-order valence-corrected chi connectivity index (χ0v) is 13.5. The van der Waals surface area contributed by atoms with E-state index < -0.39 is 21.5 Å².